The Morgan fingerprint density at radius 2 is 1.67 bits per heavy atom. The van der Waals surface area contributed by atoms with Crippen molar-refractivity contribution in [3.63, 3.8) is 0 Å². The van der Waals surface area contributed by atoms with Crippen LogP contribution in [0.3, 0.4) is 0 Å². The van der Waals surface area contributed by atoms with Gasteiger partial charge in [0.15, 0.2) is 0 Å². The summed E-state index contributed by atoms with van der Waals surface area (Å²) in [6, 6.07) is 15.6. The number of benzene rings is 2. The third-order valence-electron chi connectivity index (χ3n) is 8.41. The molecule has 0 bridgehead atoms. The van der Waals surface area contributed by atoms with Crippen molar-refractivity contribution >= 4 is 21.6 Å². The zero-order valence-corrected chi connectivity index (χ0v) is 24.7. The van der Waals surface area contributed by atoms with E-state index in [0.29, 0.717) is 55.8 Å². The molecule has 214 valence electrons. The molecule has 0 aromatic heterocycles. The number of rotatable bonds is 11. The Morgan fingerprint density at radius 3 is 2.28 bits per heavy atom. The number of anilines is 1. The van der Waals surface area contributed by atoms with Gasteiger partial charge in [0.1, 0.15) is 5.75 Å². The summed E-state index contributed by atoms with van der Waals surface area (Å²) in [5, 5.41) is 0. The first kappa shape index (κ1) is 29.4. The summed E-state index contributed by atoms with van der Waals surface area (Å²) >= 11 is 0. The number of amides is 1. The van der Waals surface area contributed by atoms with E-state index in [1.807, 2.05) is 11.0 Å². The molecule has 0 spiro atoms. The maximum atomic E-state index is 13.6. The largest absolute Gasteiger partial charge is 0.495 e. The van der Waals surface area contributed by atoms with Crippen LogP contribution in [0.15, 0.2) is 53.4 Å². The molecule has 8 heteroatoms. The van der Waals surface area contributed by atoms with Gasteiger partial charge in [0.05, 0.1) is 17.7 Å². The maximum Gasteiger partial charge on any atom is 0.243 e. The molecule has 0 saturated carbocycles. The Morgan fingerprint density at radius 1 is 0.974 bits per heavy atom. The first-order valence-electron chi connectivity index (χ1n) is 14.6. The van der Waals surface area contributed by atoms with Crippen molar-refractivity contribution in [3.05, 3.63) is 54.1 Å². The molecule has 39 heavy (non-hydrogen) atoms. The van der Waals surface area contributed by atoms with Crippen molar-refractivity contribution in [2.24, 2.45) is 11.8 Å². The van der Waals surface area contributed by atoms with Crippen LogP contribution in [0.5, 0.6) is 5.75 Å². The summed E-state index contributed by atoms with van der Waals surface area (Å²) in [5.41, 5.74) is 2.09. The first-order chi connectivity index (χ1) is 18.9. The molecule has 2 aromatic rings. The lowest BCUT2D eigenvalue weighted by molar-refractivity contribution is -0.136. The van der Waals surface area contributed by atoms with Gasteiger partial charge < -0.3 is 14.5 Å². The van der Waals surface area contributed by atoms with Crippen molar-refractivity contribution in [1.29, 1.82) is 0 Å². The quantitative estimate of drug-likeness (QED) is 0.381. The fourth-order valence-electron chi connectivity index (χ4n) is 5.91. The van der Waals surface area contributed by atoms with E-state index in [2.05, 4.69) is 43.0 Å². The zero-order chi connectivity index (χ0) is 27.8. The van der Waals surface area contributed by atoms with Crippen LogP contribution in [0.2, 0.25) is 0 Å². The van der Waals surface area contributed by atoms with Gasteiger partial charge in [0.25, 0.3) is 0 Å². The fraction of sp³-hybridized carbons (Fsp3) is 0.581. The van der Waals surface area contributed by atoms with Gasteiger partial charge in [-0.2, -0.15) is 4.31 Å². The second kappa shape index (κ2) is 13.7. The van der Waals surface area contributed by atoms with Gasteiger partial charge in [-0.05, 0) is 61.8 Å². The topological polar surface area (TPSA) is 70.2 Å². The number of hydrogen-bond acceptors (Lipinski definition) is 5. The number of piperazine rings is 1. The van der Waals surface area contributed by atoms with E-state index >= 15 is 0 Å². The Hall–Kier alpha value is -2.58. The van der Waals surface area contributed by atoms with Crippen LogP contribution in [0.4, 0.5) is 5.69 Å². The molecule has 4 rings (SSSR count). The number of carbonyl (C=O) groups excluding carboxylic acids is 1. The Labute approximate surface area is 235 Å². The van der Waals surface area contributed by atoms with Crippen LogP contribution in [0, 0.1) is 11.8 Å². The normalized spacial score (nSPS) is 18.2. The molecule has 2 aliphatic heterocycles. The van der Waals surface area contributed by atoms with E-state index in [0.717, 1.165) is 50.6 Å². The Bertz CT molecular complexity index is 1170. The maximum absolute atomic E-state index is 13.6. The minimum absolute atomic E-state index is 0.0938. The highest BCUT2D eigenvalue weighted by atomic mass is 32.2. The number of carbonyl (C=O) groups is 1. The number of ether oxygens (including phenoxy) is 1. The molecule has 2 aliphatic rings. The van der Waals surface area contributed by atoms with Crippen LogP contribution in [0.1, 0.15) is 57.9 Å². The van der Waals surface area contributed by atoms with E-state index in [9.17, 15) is 13.2 Å². The summed E-state index contributed by atoms with van der Waals surface area (Å²) in [4.78, 5) is 17.5. The predicted molar refractivity (Wildman–Crippen MR) is 157 cm³/mol. The van der Waals surface area contributed by atoms with E-state index in [1.165, 1.54) is 5.56 Å². The highest BCUT2D eigenvalue weighted by Crippen LogP contribution is 2.34. The minimum atomic E-state index is -3.61. The molecule has 0 aliphatic carbocycles. The molecule has 2 aromatic carbocycles. The molecule has 0 radical (unpaired) electrons. The van der Waals surface area contributed by atoms with Crippen molar-refractivity contribution in [3.8, 4) is 5.75 Å². The van der Waals surface area contributed by atoms with Crippen LogP contribution >= 0.6 is 0 Å². The Kier molecular flexibility index (Phi) is 10.3. The van der Waals surface area contributed by atoms with Crippen LogP contribution < -0.4 is 9.64 Å². The molecule has 1 amide bonds. The minimum Gasteiger partial charge on any atom is -0.495 e. The van der Waals surface area contributed by atoms with Crippen LogP contribution in [-0.2, 0) is 21.2 Å². The Balaban J connectivity index is 1.40. The highest BCUT2D eigenvalue weighted by molar-refractivity contribution is 7.89. The van der Waals surface area contributed by atoms with Gasteiger partial charge in [-0.3, -0.25) is 4.79 Å². The van der Waals surface area contributed by atoms with Crippen molar-refractivity contribution < 1.29 is 17.9 Å². The molecule has 2 heterocycles. The number of hydrogen-bond donors (Lipinski definition) is 0. The third kappa shape index (κ3) is 7.14. The average molecular weight is 556 g/mol. The second-order valence-electron chi connectivity index (χ2n) is 10.9. The average Bonchev–Trinajstić information content (AvgIpc) is 2.98. The summed E-state index contributed by atoms with van der Waals surface area (Å²) in [5.74, 6) is 1.50. The standard InChI is InChI=1S/C31H45N3O4S/c1-4-6-12-27(5-2)31(35)33-21-19-32(20-22-33)29-24-28(13-14-30(29)38-3)39(36,37)34-17-15-26(16-18-34)23-25-10-8-7-9-11-25/h7-11,13-14,24,26-27H,4-6,12,15-23H2,1-3H3. The number of methoxy groups -OCH3 is 1. The lowest BCUT2D eigenvalue weighted by Gasteiger charge is -2.38. The number of sulfonamides is 1. The number of piperidine rings is 1. The molecule has 1 unspecified atom stereocenters. The molecule has 1 atom stereocenters. The van der Waals surface area contributed by atoms with Gasteiger partial charge in [-0.25, -0.2) is 8.42 Å². The lowest BCUT2D eigenvalue weighted by atomic mass is 9.91. The predicted octanol–water partition coefficient (Wildman–Crippen LogP) is 5.20. The molecule has 2 saturated heterocycles. The van der Waals surface area contributed by atoms with Gasteiger partial charge in [-0.1, -0.05) is 57.0 Å². The highest BCUT2D eigenvalue weighted by Gasteiger charge is 2.32. The summed E-state index contributed by atoms with van der Waals surface area (Å²) in [7, 11) is -1.99. The van der Waals surface area contributed by atoms with Gasteiger partial charge in [-0.15, -0.1) is 0 Å². The monoisotopic (exact) mass is 555 g/mol. The summed E-state index contributed by atoms with van der Waals surface area (Å²) < 4.78 is 34.5. The zero-order valence-electron chi connectivity index (χ0n) is 23.8. The van der Waals surface area contributed by atoms with Crippen LogP contribution in [0.25, 0.3) is 0 Å². The number of unbranched alkanes of at least 4 members (excludes halogenated alkanes) is 1. The van der Waals surface area contributed by atoms with Gasteiger partial charge >= 0.3 is 0 Å². The molecule has 7 nitrogen and oxygen atoms in total. The smallest absolute Gasteiger partial charge is 0.243 e. The summed E-state index contributed by atoms with van der Waals surface area (Å²) in [6.45, 7) is 7.91. The lowest BCUT2D eigenvalue weighted by Crippen LogP contribution is -2.50. The molecular formula is C31H45N3O4S. The first-order valence-corrected chi connectivity index (χ1v) is 16.1. The van der Waals surface area contributed by atoms with E-state index in [4.69, 9.17) is 4.74 Å². The van der Waals surface area contributed by atoms with Crippen molar-refractivity contribution in [2.75, 3.05) is 51.3 Å². The van der Waals surface area contributed by atoms with Crippen molar-refractivity contribution in [1.82, 2.24) is 9.21 Å². The van der Waals surface area contributed by atoms with Crippen molar-refractivity contribution in [2.45, 2.75) is 63.7 Å². The fourth-order valence-corrected chi connectivity index (χ4v) is 7.40. The SMILES string of the molecule is CCCCC(CC)C(=O)N1CCN(c2cc(S(=O)(=O)N3CCC(Cc4ccccc4)CC3)ccc2OC)CC1. The molecular weight excluding hydrogens is 510 g/mol. The van der Waals surface area contributed by atoms with E-state index < -0.39 is 10.0 Å². The summed E-state index contributed by atoms with van der Waals surface area (Å²) in [6.07, 6.45) is 6.72. The second-order valence-corrected chi connectivity index (χ2v) is 12.9. The van der Waals surface area contributed by atoms with Crippen LogP contribution in [-0.4, -0.2) is 69.9 Å². The molecule has 2 fully saturated rings. The third-order valence-corrected chi connectivity index (χ3v) is 10.3. The van der Waals surface area contributed by atoms with Gasteiger partial charge in [0, 0.05) is 45.2 Å². The van der Waals surface area contributed by atoms with Gasteiger partial charge in [0.2, 0.25) is 15.9 Å². The molecule has 0 N–H and O–H groups in total. The van der Waals surface area contributed by atoms with E-state index in [-0.39, 0.29) is 11.8 Å². The number of nitrogens with zero attached hydrogens (tertiary/aromatic N) is 3. The van der Waals surface area contributed by atoms with E-state index in [1.54, 1.807) is 29.6 Å².